The lowest BCUT2D eigenvalue weighted by molar-refractivity contribution is 0.388. The van der Waals surface area contributed by atoms with Crippen LogP contribution in [0.15, 0.2) is 35.2 Å². The number of rotatable bonds is 3. The molecule has 0 radical (unpaired) electrons. The van der Waals surface area contributed by atoms with Crippen molar-refractivity contribution in [1.82, 2.24) is 9.62 Å². The highest BCUT2D eigenvalue weighted by Gasteiger charge is 2.29. The van der Waals surface area contributed by atoms with Crippen LogP contribution in [0.5, 0.6) is 0 Å². The molecule has 0 bridgehead atoms. The lowest BCUT2D eigenvalue weighted by atomic mass is 10.3. The van der Waals surface area contributed by atoms with Gasteiger partial charge in [-0.05, 0) is 25.1 Å². The predicted octanol–water partition coefficient (Wildman–Crippen LogP) is 1.09. The molecule has 17 heavy (non-hydrogen) atoms. The minimum atomic E-state index is -3.33. The molecular formula is C11H17ClN2O2S. The minimum Gasteiger partial charge on any atom is -0.315 e. The van der Waals surface area contributed by atoms with Crippen molar-refractivity contribution in [2.45, 2.75) is 17.4 Å². The van der Waals surface area contributed by atoms with Gasteiger partial charge in [0.05, 0.1) is 4.90 Å². The van der Waals surface area contributed by atoms with Gasteiger partial charge in [0.25, 0.3) is 0 Å². The molecule has 1 saturated heterocycles. The molecule has 96 valence electrons. The van der Waals surface area contributed by atoms with Crippen molar-refractivity contribution >= 4 is 22.4 Å². The summed E-state index contributed by atoms with van der Waals surface area (Å²) in [6.45, 7) is 1.63. The minimum absolute atomic E-state index is 0. The second-order valence-electron chi connectivity index (χ2n) is 3.98. The maximum Gasteiger partial charge on any atom is 0.243 e. The van der Waals surface area contributed by atoms with E-state index in [1.54, 1.807) is 31.3 Å². The van der Waals surface area contributed by atoms with Crippen LogP contribution in [-0.4, -0.2) is 38.9 Å². The number of benzene rings is 1. The van der Waals surface area contributed by atoms with Gasteiger partial charge in [-0.25, -0.2) is 8.42 Å². The molecule has 0 saturated carbocycles. The third-order valence-corrected chi connectivity index (χ3v) is 4.89. The number of halogens is 1. The van der Waals surface area contributed by atoms with Crippen LogP contribution in [0.2, 0.25) is 0 Å². The number of sulfonamides is 1. The largest absolute Gasteiger partial charge is 0.315 e. The molecule has 1 aromatic carbocycles. The maximum absolute atomic E-state index is 12.2. The molecule has 0 aromatic heterocycles. The highest BCUT2D eigenvalue weighted by molar-refractivity contribution is 7.89. The van der Waals surface area contributed by atoms with Crippen molar-refractivity contribution in [3.05, 3.63) is 30.3 Å². The van der Waals surface area contributed by atoms with E-state index in [-0.39, 0.29) is 18.4 Å². The highest BCUT2D eigenvalue weighted by atomic mass is 35.5. The summed E-state index contributed by atoms with van der Waals surface area (Å²) in [6.07, 6.45) is 0.878. The van der Waals surface area contributed by atoms with Gasteiger partial charge in [-0.15, -0.1) is 12.4 Å². The second kappa shape index (κ2) is 5.82. The predicted molar refractivity (Wildman–Crippen MR) is 69.9 cm³/mol. The van der Waals surface area contributed by atoms with E-state index < -0.39 is 10.0 Å². The fourth-order valence-corrected chi connectivity index (χ4v) is 3.31. The van der Waals surface area contributed by atoms with Crippen LogP contribution in [0.25, 0.3) is 0 Å². The molecule has 0 amide bonds. The Morgan fingerprint density at radius 1 is 1.29 bits per heavy atom. The quantitative estimate of drug-likeness (QED) is 0.899. The highest BCUT2D eigenvalue weighted by Crippen LogP contribution is 2.18. The Hall–Kier alpha value is -0.620. The van der Waals surface area contributed by atoms with Crippen LogP contribution in [-0.2, 0) is 10.0 Å². The fraction of sp³-hybridized carbons (Fsp3) is 0.455. The Morgan fingerprint density at radius 3 is 2.47 bits per heavy atom. The van der Waals surface area contributed by atoms with Gasteiger partial charge in [0.15, 0.2) is 0 Å². The number of likely N-dealkylation sites (N-methyl/N-ethyl adjacent to an activating group) is 1. The molecule has 1 fully saturated rings. The third kappa shape index (κ3) is 2.98. The van der Waals surface area contributed by atoms with Gasteiger partial charge in [-0.3, -0.25) is 0 Å². The van der Waals surface area contributed by atoms with Gasteiger partial charge < -0.3 is 5.32 Å². The van der Waals surface area contributed by atoms with Crippen molar-refractivity contribution in [2.24, 2.45) is 0 Å². The molecular weight excluding hydrogens is 260 g/mol. The van der Waals surface area contributed by atoms with Crippen molar-refractivity contribution in [3.8, 4) is 0 Å². The molecule has 1 heterocycles. The molecule has 1 N–H and O–H groups in total. The zero-order valence-corrected chi connectivity index (χ0v) is 11.3. The topological polar surface area (TPSA) is 49.4 Å². The lowest BCUT2D eigenvalue weighted by Crippen LogP contribution is -2.38. The zero-order chi connectivity index (χ0) is 11.6. The van der Waals surface area contributed by atoms with Crippen LogP contribution in [0, 0.1) is 0 Å². The molecule has 0 spiro atoms. The van der Waals surface area contributed by atoms with Gasteiger partial charge in [-0.1, -0.05) is 18.2 Å². The molecule has 2 rings (SSSR count). The van der Waals surface area contributed by atoms with E-state index >= 15 is 0 Å². The van der Waals surface area contributed by atoms with Crippen LogP contribution < -0.4 is 5.32 Å². The van der Waals surface area contributed by atoms with E-state index in [2.05, 4.69) is 5.32 Å². The maximum atomic E-state index is 12.2. The molecule has 1 aliphatic rings. The van der Waals surface area contributed by atoms with E-state index in [9.17, 15) is 8.42 Å². The third-order valence-electron chi connectivity index (χ3n) is 2.97. The van der Waals surface area contributed by atoms with Gasteiger partial charge in [-0.2, -0.15) is 4.31 Å². The van der Waals surface area contributed by atoms with Crippen molar-refractivity contribution in [3.63, 3.8) is 0 Å². The van der Waals surface area contributed by atoms with Crippen LogP contribution in [0.3, 0.4) is 0 Å². The summed E-state index contributed by atoms with van der Waals surface area (Å²) in [5.41, 5.74) is 0. The van der Waals surface area contributed by atoms with E-state index in [1.807, 2.05) is 6.07 Å². The van der Waals surface area contributed by atoms with E-state index in [4.69, 9.17) is 0 Å². The molecule has 1 aliphatic heterocycles. The first-order valence-corrected chi connectivity index (χ1v) is 6.80. The Labute approximate surface area is 108 Å². The first-order chi connectivity index (χ1) is 7.62. The lowest BCUT2D eigenvalue weighted by Gasteiger charge is -2.23. The standard InChI is InChI=1S/C11H16N2O2S.ClH/c1-13(10-7-8-12-9-10)16(14,15)11-5-3-2-4-6-11;/h2-6,10,12H,7-9H2,1H3;1H. The van der Waals surface area contributed by atoms with Gasteiger partial charge >= 0.3 is 0 Å². The number of hydrogen-bond donors (Lipinski definition) is 1. The number of nitrogens with zero attached hydrogens (tertiary/aromatic N) is 1. The summed E-state index contributed by atoms with van der Waals surface area (Å²) in [4.78, 5) is 0.365. The van der Waals surface area contributed by atoms with E-state index in [1.165, 1.54) is 4.31 Å². The first kappa shape index (κ1) is 14.4. The Bertz CT molecular complexity index is 444. The molecule has 4 nitrogen and oxygen atoms in total. The summed E-state index contributed by atoms with van der Waals surface area (Å²) < 4.78 is 25.9. The zero-order valence-electron chi connectivity index (χ0n) is 9.67. The van der Waals surface area contributed by atoms with Gasteiger partial charge in [0, 0.05) is 19.6 Å². The molecule has 0 aliphatic carbocycles. The Morgan fingerprint density at radius 2 is 1.94 bits per heavy atom. The average molecular weight is 277 g/mol. The summed E-state index contributed by atoms with van der Waals surface area (Å²) in [6, 6.07) is 8.64. The molecule has 6 heteroatoms. The van der Waals surface area contributed by atoms with Crippen molar-refractivity contribution in [1.29, 1.82) is 0 Å². The smallest absolute Gasteiger partial charge is 0.243 e. The summed E-state index contributed by atoms with van der Waals surface area (Å²) in [5, 5.41) is 3.17. The summed E-state index contributed by atoms with van der Waals surface area (Å²) in [5.74, 6) is 0. The van der Waals surface area contributed by atoms with Gasteiger partial charge in [0.2, 0.25) is 10.0 Å². The van der Waals surface area contributed by atoms with Crippen molar-refractivity contribution in [2.75, 3.05) is 20.1 Å². The molecule has 1 atom stereocenters. The normalized spacial score (nSPS) is 20.2. The number of nitrogens with one attached hydrogen (secondary N) is 1. The molecule has 1 unspecified atom stereocenters. The fourth-order valence-electron chi connectivity index (χ4n) is 1.90. The average Bonchev–Trinajstić information content (AvgIpc) is 2.82. The SMILES string of the molecule is CN(C1CCNC1)S(=O)(=O)c1ccccc1.Cl. The Balaban J connectivity index is 0.00000144. The Kier molecular flexibility index (Phi) is 4.94. The summed E-state index contributed by atoms with van der Waals surface area (Å²) >= 11 is 0. The van der Waals surface area contributed by atoms with Crippen molar-refractivity contribution < 1.29 is 8.42 Å². The van der Waals surface area contributed by atoms with Gasteiger partial charge in [0.1, 0.15) is 0 Å². The van der Waals surface area contributed by atoms with Crippen LogP contribution in [0.1, 0.15) is 6.42 Å². The second-order valence-corrected chi connectivity index (χ2v) is 5.98. The van der Waals surface area contributed by atoms with E-state index in [0.29, 0.717) is 4.90 Å². The van der Waals surface area contributed by atoms with E-state index in [0.717, 1.165) is 19.5 Å². The van der Waals surface area contributed by atoms with Crippen LogP contribution in [0.4, 0.5) is 0 Å². The summed E-state index contributed by atoms with van der Waals surface area (Å²) in [7, 11) is -1.68. The van der Waals surface area contributed by atoms with Crippen LogP contribution >= 0.6 is 12.4 Å². The molecule has 1 aromatic rings. The first-order valence-electron chi connectivity index (χ1n) is 5.36. The monoisotopic (exact) mass is 276 g/mol. The number of hydrogen-bond acceptors (Lipinski definition) is 3.